The number of ether oxygens (including phenoxy) is 2. The first-order chi connectivity index (χ1) is 11.0. The number of halogens is 1. The zero-order valence-corrected chi connectivity index (χ0v) is 14.4. The van der Waals surface area contributed by atoms with E-state index in [1.165, 1.54) is 0 Å². The Labute approximate surface area is 141 Å². The van der Waals surface area contributed by atoms with Crippen molar-refractivity contribution in [2.75, 3.05) is 14.2 Å². The zero-order chi connectivity index (χ0) is 17.0. The van der Waals surface area contributed by atoms with Gasteiger partial charge < -0.3 is 14.8 Å². The minimum Gasteiger partial charge on any atom is -0.496 e. The van der Waals surface area contributed by atoms with Crippen molar-refractivity contribution in [1.82, 2.24) is 5.32 Å². The molecule has 0 aromatic heterocycles. The molecule has 0 bridgehead atoms. The molecule has 5 heteroatoms. The second-order valence-corrected chi connectivity index (χ2v) is 5.69. The van der Waals surface area contributed by atoms with Crippen LogP contribution in [0.15, 0.2) is 36.4 Å². The lowest BCUT2D eigenvalue weighted by molar-refractivity contribution is 0.0939. The predicted molar refractivity (Wildman–Crippen MR) is 91.6 cm³/mol. The quantitative estimate of drug-likeness (QED) is 0.893. The van der Waals surface area contributed by atoms with Gasteiger partial charge in [0.05, 0.1) is 20.3 Å². The Morgan fingerprint density at radius 3 is 2.09 bits per heavy atom. The third-order valence-electron chi connectivity index (χ3n) is 3.73. The second kappa shape index (κ2) is 7.38. The highest BCUT2D eigenvalue weighted by molar-refractivity contribution is 6.30. The molecule has 0 aliphatic rings. The van der Waals surface area contributed by atoms with E-state index in [0.717, 1.165) is 11.1 Å². The smallest absolute Gasteiger partial charge is 0.252 e. The summed E-state index contributed by atoms with van der Waals surface area (Å²) in [6.07, 6.45) is 0. The molecule has 1 N–H and O–H groups in total. The van der Waals surface area contributed by atoms with Crippen molar-refractivity contribution in [3.8, 4) is 11.5 Å². The molecule has 23 heavy (non-hydrogen) atoms. The molecule has 1 atom stereocenters. The van der Waals surface area contributed by atoms with Gasteiger partial charge in [-0.2, -0.15) is 0 Å². The van der Waals surface area contributed by atoms with Crippen LogP contribution in [0.5, 0.6) is 11.5 Å². The van der Waals surface area contributed by atoms with Gasteiger partial charge in [-0.15, -0.1) is 0 Å². The molecule has 0 spiro atoms. The Morgan fingerprint density at radius 2 is 1.61 bits per heavy atom. The Bertz CT molecular complexity index is 673. The van der Waals surface area contributed by atoms with E-state index < -0.39 is 0 Å². The molecule has 1 unspecified atom stereocenters. The van der Waals surface area contributed by atoms with Crippen molar-refractivity contribution in [2.24, 2.45) is 0 Å². The molecule has 4 nitrogen and oxygen atoms in total. The molecule has 0 heterocycles. The standard InChI is InChI=1S/C18H20ClNO3/c1-11-16(22-3)9-14(10-17(11)23-4)18(21)20-12(2)13-5-7-15(19)8-6-13/h5-10,12H,1-4H3,(H,20,21). The summed E-state index contributed by atoms with van der Waals surface area (Å²) in [5.41, 5.74) is 2.33. The maximum atomic E-state index is 12.5. The molecule has 2 rings (SSSR count). The number of hydrogen-bond donors (Lipinski definition) is 1. The molecule has 0 saturated heterocycles. The van der Waals surface area contributed by atoms with Crippen LogP contribution in [0.2, 0.25) is 5.02 Å². The summed E-state index contributed by atoms with van der Waals surface area (Å²) in [5, 5.41) is 3.63. The van der Waals surface area contributed by atoms with Crippen molar-refractivity contribution < 1.29 is 14.3 Å². The van der Waals surface area contributed by atoms with E-state index in [0.29, 0.717) is 22.1 Å². The summed E-state index contributed by atoms with van der Waals surface area (Å²) in [4.78, 5) is 12.5. The molecule has 122 valence electrons. The summed E-state index contributed by atoms with van der Waals surface area (Å²) in [5.74, 6) is 1.05. The SMILES string of the molecule is COc1cc(C(=O)NC(C)c2ccc(Cl)cc2)cc(OC)c1C. The van der Waals surface area contributed by atoms with E-state index in [-0.39, 0.29) is 11.9 Å². The van der Waals surface area contributed by atoms with E-state index in [1.807, 2.05) is 26.0 Å². The van der Waals surface area contributed by atoms with Gasteiger partial charge in [-0.25, -0.2) is 0 Å². The Hall–Kier alpha value is -2.20. The van der Waals surface area contributed by atoms with Gasteiger partial charge in [-0.3, -0.25) is 4.79 Å². The van der Waals surface area contributed by atoms with Crippen LogP contribution in [0.4, 0.5) is 0 Å². The van der Waals surface area contributed by atoms with E-state index in [4.69, 9.17) is 21.1 Å². The predicted octanol–water partition coefficient (Wildman–Crippen LogP) is 4.16. The summed E-state index contributed by atoms with van der Waals surface area (Å²) in [6.45, 7) is 3.81. The van der Waals surface area contributed by atoms with Crippen molar-refractivity contribution in [2.45, 2.75) is 19.9 Å². The van der Waals surface area contributed by atoms with Crippen LogP contribution in [-0.4, -0.2) is 20.1 Å². The van der Waals surface area contributed by atoms with Gasteiger partial charge in [-0.1, -0.05) is 23.7 Å². The first-order valence-corrected chi connectivity index (χ1v) is 7.63. The summed E-state index contributed by atoms with van der Waals surface area (Å²) in [7, 11) is 3.14. The number of rotatable bonds is 5. The number of carbonyl (C=O) groups excluding carboxylic acids is 1. The Kier molecular flexibility index (Phi) is 5.50. The monoisotopic (exact) mass is 333 g/mol. The molecule has 1 amide bonds. The van der Waals surface area contributed by atoms with Crippen molar-refractivity contribution >= 4 is 17.5 Å². The lowest BCUT2D eigenvalue weighted by Crippen LogP contribution is -2.26. The number of amides is 1. The first-order valence-electron chi connectivity index (χ1n) is 7.25. The van der Waals surface area contributed by atoms with Gasteiger partial charge in [-0.05, 0) is 43.7 Å². The maximum absolute atomic E-state index is 12.5. The molecule has 0 aliphatic heterocycles. The maximum Gasteiger partial charge on any atom is 0.252 e. The van der Waals surface area contributed by atoms with Gasteiger partial charge >= 0.3 is 0 Å². The summed E-state index contributed by atoms with van der Waals surface area (Å²) in [6, 6.07) is 10.7. The highest BCUT2D eigenvalue weighted by Crippen LogP contribution is 2.29. The average molecular weight is 334 g/mol. The molecule has 0 saturated carbocycles. The van der Waals surface area contributed by atoms with Crippen LogP contribution >= 0.6 is 11.6 Å². The molecule has 0 aliphatic carbocycles. The zero-order valence-electron chi connectivity index (χ0n) is 13.6. The number of hydrogen-bond acceptors (Lipinski definition) is 3. The largest absolute Gasteiger partial charge is 0.496 e. The normalized spacial score (nSPS) is 11.7. The van der Waals surface area contributed by atoms with E-state index in [1.54, 1.807) is 38.5 Å². The summed E-state index contributed by atoms with van der Waals surface area (Å²) < 4.78 is 10.6. The number of carbonyl (C=O) groups is 1. The minimum atomic E-state index is -0.191. The molecule has 2 aromatic rings. The van der Waals surface area contributed by atoms with E-state index in [9.17, 15) is 4.79 Å². The number of nitrogens with one attached hydrogen (secondary N) is 1. The third kappa shape index (κ3) is 3.96. The highest BCUT2D eigenvalue weighted by Gasteiger charge is 2.16. The van der Waals surface area contributed by atoms with Crippen LogP contribution in [0.25, 0.3) is 0 Å². The molecule has 0 fully saturated rings. The van der Waals surface area contributed by atoms with Crippen molar-refractivity contribution in [3.05, 3.63) is 58.1 Å². The van der Waals surface area contributed by atoms with Crippen LogP contribution in [0.1, 0.15) is 34.5 Å². The third-order valence-corrected chi connectivity index (χ3v) is 3.98. The molecule has 0 radical (unpaired) electrons. The van der Waals surface area contributed by atoms with Crippen LogP contribution in [0.3, 0.4) is 0 Å². The first kappa shape index (κ1) is 17.2. The van der Waals surface area contributed by atoms with Gasteiger partial charge in [0.1, 0.15) is 11.5 Å². The van der Waals surface area contributed by atoms with Crippen LogP contribution in [-0.2, 0) is 0 Å². The molecule has 2 aromatic carbocycles. The van der Waals surface area contributed by atoms with Gasteiger partial charge in [0.2, 0.25) is 0 Å². The van der Waals surface area contributed by atoms with Gasteiger partial charge in [0.25, 0.3) is 5.91 Å². The van der Waals surface area contributed by atoms with E-state index >= 15 is 0 Å². The lowest BCUT2D eigenvalue weighted by atomic mass is 10.1. The van der Waals surface area contributed by atoms with Crippen molar-refractivity contribution in [3.63, 3.8) is 0 Å². The fourth-order valence-electron chi connectivity index (χ4n) is 2.33. The van der Waals surface area contributed by atoms with Gasteiger partial charge in [0.15, 0.2) is 0 Å². The fraction of sp³-hybridized carbons (Fsp3) is 0.278. The molecular weight excluding hydrogens is 314 g/mol. The van der Waals surface area contributed by atoms with E-state index in [2.05, 4.69) is 5.32 Å². The Morgan fingerprint density at radius 1 is 1.09 bits per heavy atom. The topological polar surface area (TPSA) is 47.6 Å². The minimum absolute atomic E-state index is 0.141. The number of methoxy groups -OCH3 is 2. The summed E-state index contributed by atoms with van der Waals surface area (Å²) >= 11 is 5.88. The fourth-order valence-corrected chi connectivity index (χ4v) is 2.46. The second-order valence-electron chi connectivity index (χ2n) is 5.25. The molecular formula is C18H20ClNO3. The highest BCUT2D eigenvalue weighted by atomic mass is 35.5. The number of benzene rings is 2. The van der Waals surface area contributed by atoms with Crippen LogP contribution in [0, 0.1) is 6.92 Å². The Balaban J connectivity index is 2.21. The average Bonchev–Trinajstić information content (AvgIpc) is 2.55. The van der Waals surface area contributed by atoms with Crippen LogP contribution < -0.4 is 14.8 Å². The van der Waals surface area contributed by atoms with Gasteiger partial charge in [0, 0.05) is 16.1 Å². The van der Waals surface area contributed by atoms with Crippen molar-refractivity contribution in [1.29, 1.82) is 0 Å². The lowest BCUT2D eigenvalue weighted by Gasteiger charge is -2.16.